The molecule has 1 aliphatic rings. The Morgan fingerprint density at radius 2 is 1.80 bits per heavy atom. The average Bonchev–Trinajstić information content (AvgIpc) is 2.54. The molecule has 0 saturated carbocycles. The smallest absolute Gasteiger partial charge is 0.222 e. The third kappa shape index (κ3) is 3.77. The van der Waals surface area contributed by atoms with Crippen molar-refractivity contribution in [1.82, 2.24) is 4.90 Å². The number of likely N-dealkylation sites (tertiary alicyclic amines) is 1. The van der Waals surface area contributed by atoms with Gasteiger partial charge in [0.1, 0.15) is 0 Å². The highest BCUT2D eigenvalue weighted by Gasteiger charge is 2.31. The SMILES string of the molecule is NCCCCCC(=O)N1CC(O)C(O)C1. The van der Waals surface area contributed by atoms with Gasteiger partial charge in [0.15, 0.2) is 0 Å². The van der Waals surface area contributed by atoms with Gasteiger partial charge in [-0.1, -0.05) is 6.42 Å². The summed E-state index contributed by atoms with van der Waals surface area (Å²) in [7, 11) is 0. The number of carbonyl (C=O) groups excluding carboxylic acids is 1. The molecule has 15 heavy (non-hydrogen) atoms. The van der Waals surface area contributed by atoms with Gasteiger partial charge >= 0.3 is 0 Å². The molecule has 0 radical (unpaired) electrons. The van der Waals surface area contributed by atoms with E-state index in [9.17, 15) is 15.0 Å². The van der Waals surface area contributed by atoms with Gasteiger partial charge in [-0.25, -0.2) is 0 Å². The van der Waals surface area contributed by atoms with Crippen LogP contribution in [0.15, 0.2) is 0 Å². The lowest BCUT2D eigenvalue weighted by atomic mass is 10.2. The number of β-amino-alcohol motifs (C(OH)–C–C–N with tert-alkyl or cyclic N) is 2. The van der Waals surface area contributed by atoms with E-state index in [0.717, 1.165) is 19.3 Å². The van der Waals surface area contributed by atoms with Gasteiger partial charge in [-0.3, -0.25) is 4.79 Å². The van der Waals surface area contributed by atoms with Crippen LogP contribution in [-0.2, 0) is 4.79 Å². The molecule has 1 rings (SSSR count). The van der Waals surface area contributed by atoms with E-state index in [1.54, 1.807) is 0 Å². The second-order valence-electron chi connectivity index (χ2n) is 4.03. The van der Waals surface area contributed by atoms with E-state index in [-0.39, 0.29) is 19.0 Å². The van der Waals surface area contributed by atoms with Crippen LogP contribution in [0.4, 0.5) is 0 Å². The first-order valence-electron chi connectivity index (χ1n) is 5.49. The van der Waals surface area contributed by atoms with Gasteiger partial charge in [-0.15, -0.1) is 0 Å². The minimum absolute atomic E-state index is 0.0163. The molecule has 0 aromatic carbocycles. The molecule has 1 aliphatic heterocycles. The lowest BCUT2D eigenvalue weighted by Crippen LogP contribution is -2.29. The van der Waals surface area contributed by atoms with Crippen molar-refractivity contribution in [3.63, 3.8) is 0 Å². The maximum absolute atomic E-state index is 11.6. The van der Waals surface area contributed by atoms with Gasteiger partial charge in [-0.2, -0.15) is 0 Å². The van der Waals surface area contributed by atoms with Gasteiger partial charge in [0.2, 0.25) is 5.91 Å². The molecule has 1 amide bonds. The van der Waals surface area contributed by atoms with Crippen molar-refractivity contribution in [3.8, 4) is 0 Å². The van der Waals surface area contributed by atoms with E-state index in [1.165, 1.54) is 4.90 Å². The van der Waals surface area contributed by atoms with Crippen LogP contribution in [0.5, 0.6) is 0 Å². The largest absolute Gasteiger partial charge is 0.388 e. The second kappa shape index (κ2) is 6.05. The Balaban J connectivity index is 2.18. The number of hydrogen-bond donors (Lipinski definition) is 3. The predicted molar refractivity (Wildman–Crippen MR) is 56.1 cm³/mol. The van der Waals surface area contributed by atoms with Gasteiger partial charge in [0.05, 0.1) is 12.2 Å². The number of unbranched alkanes of at least 4 members (excludes halogenated alkanes) is 2. The van der Waals surface area contributed by atoms with Crippen LogP contribution < -0.4 is 5.73 Å². The number of carbonyl (C=O) groups is 1. The molecule has 5 nitrogen and oxygen atoms in total. The van der Waals surface area contributed by atoms with E-state index in [2.05, 4.69) is 0 Å². The molecule has 5 heteroatoms. The number of hydrogen-bond acceptors (Lipinski definition) is 4. The number of nitrogens with zero attached hydrogens (tertiary/aromatic N) is 1. The Bertz CT molecular complexity index is 201. The van der Waals surface area contributed by atoms with Gasteiger partial charge in [0.25, 0.3) is 0 Å². The summed E-state index contributed by atoms with van der Waals surface area (Å²) in [6.07, 6.45) is 1.66. The van der Waals surface area contributed by atoms with Gasteiger partial charge in [0, 0.05) is 19.5 Å². The minimum atomic E-state index is -0.780. The van der Waals surface area contributed by atoms with Crippen molar-refractivity contribution in [3.05, 3.63) is 0 Å². The van der Waals surface area contributed by atoms with Crippen LogP contribution in [0.2, 0.25) is 0 Å². The molecule has 2 atom stereocenters. The zero-order valence-electron chi connectivity index (χ0n) is 8.93. The molecule has 88 valence electrons. The van der Waals surface area contributed by atoms with Crippen LogP contribution in [0, 0.1) is 0 Å². The molecule has 0 spiro atoms. The van der Waals surface area contributed by atoms with Crippen LogP contribution in [0.3, 0.4) is 0 Å². The molecule has 0 aromatic heterocycles. The molecule has 1 saturated heterocycles. The van der Waals surface area contributed by atoms with Crippen molar-refractivity contribution in [1.29, 1.82) is 0 Å². The Labute approximate surface area is 89.9 Å². The van der Waals surface area contributed by atoms with Crippen molar-refractivity contribution >= 4 is 5.91 Å². The molecule has 4 N–H and O–H groups in total. The van der Waals surface area contributed by atoms with Crippen molar-refractivity contribution in [2.24, 2.45) is 5.73 Å². The molecule has 2 unspecified atom stereocenters. The minimum Gasteiger partial charge on any atom is -0.388 e. The maximum Gasteiger partial charge on any atom is 0.222 e. The number of amides is 1. The van der Waals surface area contributed by atoms with E-state index < -0.39 is 12.2 Å². The van der Waals surface area contributed by atoms with E-state index >= 15 is 0 Å². The third-order valence-electron chi connectivity index (χ3n) is 2.71. The lowest BCUT2D eigenvalue weighted by Gasteiger charge is -2.14. The van der Waals surface area contributed by atoms with Gasteiger partial charge < -0.3 is 20.8 Å². The number of aliphatic hydroxyl groups excluding tert-OH is 2. The fraction of sp³-hybridized carbons (Fsp3) is 0.900. The highest BCUT2D eigenvalue weighted by molar-refractivity contribution is 5.76. The molecule has 0 aliphatic carbocycles. The van der Waals surface area contributed by atoms with Crippen LogP contribution in [0.1, 0.15) is 25.7 Å². The third-order valence-corrected chi connectivity index (χ3v) is 2.71. The summed E-state index contributed by atoms with van der Waals surface area (Å²) in [5.74, 6) is 0.0163. The molecule has 1 fully saturated rings. The van der Waals surface area contributed by atoms with Crippen LogP contribution >= 0.6 is 0 Å². The zero-order valence-corrected chi connectivity index (χ0v) is 8.93. The highest BCUT2D eigenvalue weighted by atomic mass is 16.3. The summed E-state index contributed by atoms with van der Waals surface area (Å²) in [5.41, 5.74) is 5.34. The Morgan fingerprint density at radius 3 is 2.33 bits per heavy atom. The van der Waals surface area contributed by atoms with E-state index in [0.29, 0.717) is 13.0 Å². The van der Waals surface area contributed by atoms with E-state index in [4.69, 9.17) is 5.73 Å². The zero-order chi connectivity index (χ0) is 11.3. The molecular formula is C10H20N2O3. The predicted octanol–water partition coefficient (Wildman–Crippen LogP) is -0.930. The highest BCUT2D eigenvalue weighted by Crippen LogP contribution is 2.12. The Hall–Kier alpha value is -0.650. The van der Waals surface area contributed by atoms with Crippen LogP contribution in [0.25, 0.3) is 0 Å². The van der Waals surface area contributed by atoms with Crippen LogP contribution in [-0.4, -0.2) is 52.9 Å². The fourth-order valence-electron chi connectivity index (χ4n) is 1.73. The Morgan fingerprint density at radius 1 is 1.20 bits per heavy atom. The van der Waals surface area contributed by atoms with Gasteiger partial charge in [-0.05, 0) is 19.4 Å². The van der Waals surface area contributed by atoms with Crippen molar-refractivity contribution < 1.29 is 15.0 Å². The molecular weight excluding hydrogens is 196 g/mol. The summed E-state index contributed by atoms with van der Waals surface area (Å²) >= 11 is 0. The number of nitrogens with two attached hydrogens (primary N) is 1. The summed E-state index contributed by atoms with van der Waals surface area (Å²) < 4.78 is 0. The second-order valence-corrected chi connectivity index (χ2v) is 4.03. The first-order chi connectivity index (χ1) is 7.15. The first kappa shape index (κ1) is 12.4. The molecule has 0 bridgehead atoms. The summed E-state index contributed by atoms with van der Waals surface area (Å²) in [6.45, 7) is 1.18. The number of rotatable bonds is 5. The standard InChI is InChI=1S/C10H20N2O3/c11-5-3-1-2-4-10(15)12-6-8(13)9(14)7-12/h8-9,13-14H,1-7,11H2. The maximum atomic E-state index is 11.6. The summed E-state index contributed by atoms with van der Waals surface area (Å²) in [6, 6.07) is 0. The van der Waals surface area contributed by atoms with Crippen molar-refractivity contribution in [2.75, 3.05) is 19.6 Å². The van der Waals surface area contributed by atoms with E-state index in [1.807, 2.05) is 0 Å². The summed E-state index contributed by atoms with van der Waals surface area (Å²) in [4.78, 5) is 13.1. The normalized spacial score (nSPS) is 25.9. The topological polar surface area (TPSA) is 86.8 Å². The molecule has 1 heterocycles. The quantitative estimate of drug-likeness (QED) is 0.518. The van der Waals surface area contributed by atoms with Crippen molar-refractivity contribution in [2.45, 2.75) is 37.9 Å². The summed E-state index contributed by atoms with van der Waals surface area (Å²) in [5, 5.41) is 18.5. The number of aliphatic hydroxyl groups is 2. The average molecular weight is 216 g/mol. The monoisotopic (exact) mass is 216 g/mol. The molecule has 0 aromatic rings. The lowest BCUT2D eigenvalue weighted by molar-refractivity contribution is -0.130. The fourth-order valence-corrected chi connectivity index (χ4v) is 1.73. The Kier molecular flexibility index (Phi) is 5.01. The first-order valence-corrected chi connectivity index (χ1v) is 5.49.